The van der Waals surface area contributed by atoms with Gasteiger partial charge in [0, 0.05) is 6.42 Å². The van der Waals surface area contributed by atoms with Gasteiger partial charge in [0.25, 0.3) is 0 Å². The van der Waals surface area contributed by atoms with Gasteiger partial charge in [-0.2, -0.15) is 0 Å². The number of hydrogen-bond acceptors (Lipinski definition) is 1. The summed E-state index contributed by atoms with van der Waals surface area (Å²) in [4.78, 5) is 11.4. The van der Waals surface area contributed by atoms with Crippen molar-refractivity contribution in [2.24, 2.45) is 5.41 Å². The summed E-state index contributed by atoms with van der Waals surface area (Å²) in [5.41, 5.74) is 2.36. The van der Waals surface area contributed by atoms with Crippen molar-refractivity contribution < 1.29 is 4.79 Å². The lowest BCUT2D eigenvalue weighted by Gasteiger charge is -2.31. The highest BCUT2D eigenvalue weighted by Gasteiger charge is 2.30. The number of carbonyl (C=O) groups is 1. The molecule has 1 nitrogen and oxygen atoms in total. The standard InChI is InChI=1S/C13H18O/c1-5-6-7-12-10(2)8-11(14)9-13(12,3)4/h5-8H,9H2,1-4H3/b6-5+,12-7?. The van der Waals surface area contributed by atoms with E-state index in [-0.39, 0.29) is 11.2 Å². The first-order chi connectivity index (χ1) is 6.47. The number of allylic oxidation sites excluding steroid dienone is 6. The Balaban J connectivity index is 3.13. The van der Waals surface area contributed by atoms with E-state index in [4.69, 9.17) is 0 Å². The SMILES string of the molecule is C/C=C/C=C1C(C)=CC(=O)CC1(C)C. The summed E-state index contributed by atoms with van der Waals surface area (Å²) < 4.78 is 0. The van der Waals surface area contributed by atoms with Crippen LogP contribution in [-0.2, 0) is 4.79 Å². The minimum Gasteiger partial charge on any atom is -0.295 e. The van der Waals surface area contributed by atoms with E-state index in [0.717, 1.165) is 5.57 Å². The molecular weight excluding hydrogens is 172 g/mol. The monoisotopic (exact) mass is 190 g/mol. The fourth-order valence-electron chi connectivity index (χ4n) is 1.98. The maximum Gasteiger partial charge on any atom is 0.156 e. The van der Waals surface area contributed by atoms with Crippen molar-refractivity contribution in [3.05, 3.63) is 35.5 Å². The van der Waals surface area contributed by atoms with Gasteiger partial charge in [-0.3, -0.25) is 4.79 Å². The van der Waals surface area contributed by atoms with Gasteiger partial charge in [0.15, 0.2) is 5.78 Å². The zero-order valence-corrected chi connectivity index (χ0v) is 9.42. The second kappa shape index (κ2) is 3.95. The van der Waals surface area contributed by atoms with E-state index in [2.05, 4.69) is 19.9 Å². The molecule has 1 aliphatic carbocycles. The van der Waals surface area contributed by atoms with Crippen LogP contribution in [-0.4, -0.2) is 5.78 Å². The molecule has 1 heteroatoms. The first kappa shape index (κ1) is 11.0. The van der Waals surface area contributed by atoms with Crippen molar-refractivity contribution in [3.63, 3.8) is 0 Å². The molecule has 0 unspecified atom stereocenters. The Morgan fingerprint density at radius 1 is 1.43 bits per heavy atom. The van der Waals surface area contributed by atoms with E-state index in [1.807, 2.05) is 26.0 Å². The molecule has 0 aromatic heterocycles. The maximum atomic E-state index is 11.4. The van der Waals surface area contributed by atoms with E-state index < -0.39 is 0 Å². The highest BCUT2D eigenvalue weighted by atomic mass is 16.1. The smallest absolute Gasteiger partial charge is 0.156 e. The van der Waals surface area contributed by atoms with Gasteiger partial charge in [-0.25, -0.2) is 0 Å². The number of ketones is 1. The predicted octanol–water partition coefficient (Wildman–Crippen LogP) is 3.43. The molecule has 0 saturated heterocycles. The molecular formula is C13H18O. The molecule has 0 spiro atoms. The van der Waals surface area contributed by atoms with Crippen LogP contribution in [0.5, 0.6) is 0 Å². The average molecular weight is 190 g/mol. The van der Waals surface area contributed by atoms with E-state index >= 15 is 0 Å². The van der Waals surface area contributed by atoms with Gasteiger partial charge < -0.3 is 0 Å². The zero-order valence-electron chi connectivity index (χ0n) is 9.42. The molecule has 1 rings (SSSR count). The van der Waals surface area contributed by atoms with Crippen molar-refractivity contribution in [1.82, 2.24) is 0 Å². The summed E-state index contributed by atoms with van der Waals surface area (Å²) in [6, 6.07) is 0. The van der Waals surface area contributed by atoms with Gasteiger partial charge in [0.2, 0.25) is 0 Å². The Kier molecular flexibility index (Phi) is 3.10. The van der Waals surface area contributed by atoms with E-state index in [0.29, 0.717) is 6.42 Å². The second-order valence-electron chi connectivity index (χ2n) is 4.46. The first-order valence-corrected chi connectivity index (χ1v) is 5.02. The Morgan fingerprint density at radius 3 is 2.57 bits per heavy atom. The van der Waals surface area contributed by atoms with Gasteiger partial charge in [0.1, 0.15) is 0 Å². The summed E-state index contributed by atoms with van der Waals surface area (Å²) in [7, 11) is 0. The van der Waals surface area contributed by atoms with Gasteiger partial charge >= 0.3 is 0 Å². The Bertz CT molecular complexity index is 327. The van der Waals surface area contributed by atoms with Crippen molar-refractivity contribution in [2.75, 3.05) is 0 Å². The van der Waals surface area contributed by atoms with Gasteiger partial charge in [-0.05, 0) is 36.5 Å². The molecule has 0 aromatic carbocycles. The molecule has 0 aliphatic heterocycles. The third-order valence-electron chi connectivity index (χ3n) is 2.60. The van der Waals surface area contributed by atoms with Crippen LogP contribution in [0, 0.1) is 5.41 Å². The van der Waals surface area contributed by atoms with Gasteiger partial charge in [-0.15, -0.1) is 0 Å². The van der Waals surface area contributed by atoms with Crippen LogP contribution in [0.1, 0.15) is 34.1 Å². The van der Waals surface area contributed by atoms with Crippen LogP contribution < -0.4 is 0 Å². The van der Waals surface area contributed by atoms with Crippen molar-refractivity contribution in [1.29, 1.82) is 0 Å². The second-order valence-corrected chi connectivity index (χ2v) is 4.46. The minimum absolute atomic E-state index is 0.0184. The van der Waals surface area contributed by atoms with Crippen LogP contribution in [0.25, 0.3) is 0 Å². The van der Waals surface area contributed by atoms with E-state index in [1.54, 1.807) is 6.08 Å². The summed E-state index contributed by atoms with van der Waals surface area (Å²) in [5, 5.41) is 0. The molecule has 0 heterocycles. The van der Waals surface area contributed by atoms with Crippen molar-refractivity contribution >= 4 is 5.78 Å². The third-order valence-corrected chi connectivity index (χ3v) is 2.60. The highest BCUT2D eigenvalue weighted by molar-refractivity contribution is 5.93. The normalized spacial score (nSPS) is 24.4. The van der Waals surface area contributed by atoms with Crippen molar-refractivity contribution in [3.8, 4) is 0 Å². The maximum absolute atomic E-state index is 11.4. The topological polar surface area (TPSA) is 17.1 Å². The van der Waals surface area contributed by atoms with E-state index in [1.165, 1.54) is 5.57 Å². The number of hydrogen-bond donors (Lipinski definition) is 0. The molecule has 0 saturated carbocycles. The van der Waals surface area contributed by atoms with Crippen LogP contribution >= 0.6 is 0 Å². The largest absolute Gasteiger partial charge is 0.295 e. The van der Waals surface area contributed by atoms with Crippen molar-refractivity contribution in [2.45, 2.75) is 34.1 Å². The zero-order chi connectivity index (χ0) is 10.8. The Hall–Kier alpha value is -1.11. The lowest BCUT2D eigenvalue weighted by atomic mass is 9.72. The lowest BCUT2D eigenvalue weighted by Crippen LogP contribution is -2.24. The molecule has 0 aromatic rings. The molecule has 0 fully saturated rings. The van der Waals surface area contributed by atoms with Crippen LogP contribution in [0.3, 0.4) is 0 Å². The number of carbonyl (C=O) groups excluding carboxylic acids is 1. The molecule has 0 bridgehead atoms. The average Bonchev–Trinajstić information content (AvgIpc) is 2.00. The van der Waals surface area contributed by atoms with Gasteiger partial charge in [0.05, 0.1) is 0 Å². The van der Waals surface area contributed by atoms with Crippen LogP contribution in [0.2, 0.25) is 0 Å². The third kappa shape index (κ3) is 2.22. The summed E-state index contributed by atoms with van der Waals surface area (Å²) in [5.74, 6) is 0.241. The van der Waals surface area contributed by atoms with E-state index in [9.17, 15) is 4.79 Å². The molecule has 0 radical (unpaired) electrons. The van der Waals surface area contributed by atoms with Crippen LogP contribution in [0.4, 0.5) is 0 Å². The summed E-state index contributed by atoms with van der Waals surface area (Å²) in [6.07, 6.45) is 8.52. The molecule has 0 atom stereocenters. The molecule has 0 N–H and O–H groups in total. The fourth-order valence-corrected chi connectivity index (χ4v) is 1.98. The molecule has 14 heavy (non-hydrogen) atoms. The van der Waals surface area contributed by atoms with Crippen LogP contribution in [0.15, 0.2) is 35.5 Å². The summed E-state index contributed by atoms with van der Waals surface area (Å²) in [6.45, 7) is 8.25. The molecule has 76 valence electrons. The molecule has 0 amide bonds. The Morgan fingerprint density at radius 2 is 2.07 bits per heavy atom. The fraction of sp³-hybridized carbons (Fsp3) is 0.462. The predicted molar refractivity (Wildman–Crippen MR) is 60.1 cm³/mol. The quantitative estimate of drug-likeness (QED) is 0.619. The summed E-state index contributed by atoms with van der Waals surface area (Å²) >= 11 is 0. The van der Waals surface area contributed by atoms with Gasteiger partial charge in [-0.1, -0.05) is 32.1 Å². The molecule has 1 aliphatic rings. The highest BCUT2D eigenvalue weighted by Crippen LogP contribution is 2.38. The lowest BCUT2D eigenvalue weighted by molar-refractivity contribution is -0.116. The number of rotatable bonds is 1. The minimum atomic E-state index is -0.0184. The Labute approximate surface area is 86.2 Å². The first-order valence-electron chi connectivity index (χ1n) is 5.02.